The predicted molar refractivity (Wildman–Crippen MR) is 87.7 cm³/mol. The Hall–Kier alpha value is -3.14. The SMILES string of the molecule is Cc1sc(C(=O)NNC(=O)C2COc3ccccc3O2)cc1[N+](=O)[O-]. The molecule has 3 rings (SSSR count). The lowest BCUT2D eigenvalue weighted by atomic mass is 10.2. The smallest absolute Gasteiger partial charge is 0.283 e. The zero-order valence-corrected chi connectivity index (χ0v) is 13.8. The van der Waals surface area contributed by atoms with Gasteiger partial charge in [0, 0.05) is 6.07 Å². The number of nitrogens with one attached hydrogen (secondary N) is 2. The van der Waals surface area contributed by atoms with E-state index in [1.54, 1.807) is 31.2 Å². The Kier molecular flexibility index (Phi) is 4.52. The number of hydrogen-bond donors (Lipinski definition) is 2. The van der Waals surface area contributed by atoms with Crippen LogP contribution in [-0.2, 0) is 4.79 Å². The van der Waals surface area contributed by atoms with E-state index in [2.05, 4.69) is 10.9 Å². The fraction of sp³-hybridized carbons (Fsp3) is 0.200. The number of rotatable bonds is 3. The Bertz CT molecular complexity index is 850. The second-order valence-electron chi connectivity index (χ2n) is 5.12. The van der Waals surface area contributed by atoms with Crippen molar-refractivity contribution < 1.29 is 24.0 Å². The van der Waals surface area contributed by atoms with Gasteiger partial charge in [0.2, 0.25) is 6.10 Å². The van der Waals surface area contributed by atoms with E-state index in [4.69, 9.17) is 9.47 Å². The van der Waals surface area contributed by atoms with Crippen molar-refractivity contribution in [3.63, 3.8) is 0 Å². The first kappa shape index (κ1) is 16.7. The predicted octanol–water partition coefficient (Wildman–Crippen LogP) is 1.57. The van der Waals surface area contributed by atoms with E-state index in [0.717, 1.165) is 17.4 Å². The number of thiophene rings is 1. The van der Waals surface area contributed by atoms with E-state index >= 15 is 0 Å². The van der Waals surface area contributed by atoms with Gasteiger partial charge >= 0.3 is 0 Å². The number of para-hydroxylation sites is 2. The summed E-state index contributed by atoms with van der Waals surface area (Å²) >= 11 is 0.968. The molecule has 1 unspecified atom stereocenters. The molecule has 2 heterocycles. The van der Waals surface area contributed by atoms with Crippen LogP contribution in [0.3, 0.4) is 0 Å². The number of benzene rings is 1. The third kappa shape index (κ3) is 3.53. The summed E-state index contributed by atoms with van der Waals surface area (Å²) in [5, 5.41) is 10.8. The molecule has 1 aliphatic rings. The van der Waals surface area contributed by atoms with Crippen LogP contribution in [0, 0.1) is 17.0 Å². The molecule has 10 heteroatoms. The number of nitrogens with zero attached hydrogens (tertiary/aromatic N) is 1. The summed E-state index contributed by atoms with van der Waals surface area (Å²) in [6.07, 6.45) is -0.922. The van der Waals surface area contributed by atoms with Gasteiger partial charge in [-0.15, -0.1) is 11.3 Å². The Labute approximate surface area is 145 Å². The Morgan fingerprint density at radius 2 is 2.00 bits per heavy atom. The summed E-state index contributed by atoms with van der Waals surface area (Å²) < 4.78 is 10.9. The normalized spacial score (nSPS) is 15.3. The van der Waals surface area contributed by atoms with E-state index in [1.807, 2.05) is 0 Å². The molecule has 1 atom stereocenters. The second kappa shape index (κ2) is 6.77. The highest BCUT2D eigenvalue weighted by Gasteiger charge is 2.28. The van der Waals surface area contributed by atoms with Gasteiger partial charge in [-0.2, -0.15) is 0 Å². The molecule has 1 aromatic carbocycles. The fourth-order valence-electron chi connectivity index (χ4n) is 2.17. The molecule has 0 saturated heterocycles. The Morgan fingerprint density at radius 3 is 2.68 bits per heavy atom. The number of nitro groups is 1. The van der Waals surface area contributed by atoms with E-state index in [-0.39, 0.29) is 17.2 Å². The maximum atomic E-state index is 12.1. The molecule has 130 valence electrons. The van der Waals surface area contributed by atoms with Crippen LogP contribution in [0.15, 0.2) is 30.3 Å². The fourth-order valence-corrected chi connectivity index (χ4v) is 3.06. The maximum Gasteiger partial charge on any atom is 0.283 e. The molecule has 1 aliphatic heterocycles. The monoisotopic (exact) mass is 363 g/mol. The van der Waals surface area contributed by atoms with Crippen molar-refractivity contribution in [2.75, 3.05) is 6.61 Å². The molecule has 0 radical (unpaired) electrons. The quantitative estimate of drug-likeness (QED) is 0.631. The summed E-state index contributed by atoms with van der Waals surface area (Å²) in [6, 6.07) is 8.08. The van der Waals surface area contributed by atoms with Gasteiger partial charge in [0.1, 0.15) is 11.5 Å². The lowest BCUT2D eigenvalue weighted by molar-refractivity contribution is -0.385. The minimum Gasteiger partial charge on any atom is -0.485 e. The maximum absolute atomic E-state index is 12.1. The first-order valence-corrected chi connectivity index (χ1v) is 8.01. The highest BCUT2D eigenvalue weighted by molar-refractivity contribution is 7.14. The minimum absolute atomic E-state index is 0.00228. The number of carbonyl (C=O) groups excluding carboxylic acids is 2. The van der Waals surface area contributed by atoms with Crippen molar-refractivity contribution in [2.45, 2.75) is 13.0 Å². The van der Waals surface area contributed by atoms with E-state index in [1.165, 1.54) is 0 Å². The van der Waals surface area contributed by atoms with Crippen LogP contribution in [0.2, 0.25) is 0 Å². The van der Waals surface area contributed by atoms with Crippen molar-refractivity contribution in [1.29, 1.82) is 0 Å². The zero-order valence-electron chi connectivity index (χ0n) is 13.0. The first-order valence-electron chi connectivity index (χ1n) is 7.19. The van der Waals surface area contributed by atoms with Gasteiger partial charge in [-0.3, -0.25) is 30.6 Å². The lowest BCUT2D eigenvalue weighted by Gasteiger charge is -2.25. The molecule has 0 aliphatic carbocycles. The number of hydrazine groups is 1. The minimum atomic E-state index is -0.922. The molecule has 9 nitrogen and oxygen atoms in total. The van der Waals surface area contributed by atoms with E-state index in [0.29, 0.717) is 16.4 Å². The lowest BCUT2D eigenvalue weighted by Crippen LogP contribution is -2.50. The van der Waals surface area contributed by atoms with E-state index < -0.39 is 22.8 Å². The summed E-state index contributed by atoms with van der Waals surface area (Å²) in [5.41, 5.74) is 4.31. The average Bonchev–Trinajstić information content (AvgIpc) is 3.01. The number of aryl methyl sites for hydroxylation is 1. The highest BCUT2D eigenvalue weighted by Crippen LogP contribution is 2.31. The third-order valence-corrected chi connectivity index (χ3v) is 4.45. The largest absolute Gasteiger partial charge is 0.485 e. The van der Waals surface area contributed by atoms with Gasteiger partial charge in [-0.1, -0.05) is 12.1 Å². The van der Waals surface area contributed by atoms with Gasteiger partial charge in [-0.05, 0) is 19.1 Å². The van der Waals surface area contributed by atoms with Gasteiger partial charge in [-0.25, -0.2) is 0 Å². The van der Waals surface area contributed by atoms with Crippen molar-refractivity contribution in [3.05, 3.63) is 50.2 Å². The van der Waals surface area contributed by atoms with Crippen LogP contribution < -0.4 is 20.3 Å². The molecule has 0 spiro atoms. The van der Waals surface area contributed by atoms with Crippen LogP contribution in [-0.4, -0.2) is 29.4 Å². The van der Waals surface area contributed by atoms with Crippen molar-refractivity contribution in [3.8, 4) is 11.5 Å². The molecule has 1 aromatic heterocycles. The molecule has 0 fully saturated rings. The van der Waals surface area contributed by atoms with Gasteiger partial charge in [0.25, 0.3) is 17.5 Å². The van der Waals surface area contributed by atoms with E-state index in [9.17, 15) is 19.7 Å². The van der Waals surface area contributed by atoms with Crippen LogP contribution >= 0.6 is 11.3 Å². The standard InChI is InChI=1S/C15H13N3O6S/c1-8-9(18(21)22)6-13(25-8)15(20)17-16-14(19)12-7-23-10-4-2-3-5-11(10)24-12/h2-6,12H,7H2,1H3,(H,16,19)(H,17,20). The second-order valence-corrected chi connectivity index (χ2v) is 6.37. The van der Waals surface area contributed by atoms with Crippen LogP contribution in [0.5, 0.6) is 11.5 Å². The highest BCUT2D eigenvalue weighted by atomic mass is 32.1. The van der Waals surface area contributed by atoms with Gasteiger partial charge in [0.15, 0.2) is 11.5 Å². The molecule has 2 N–H and O–H groups in total. The summed E-state index contributed by atoms with van der Waals surface area (Å²) in [5.74, 6) is -0.265. The number of hydrogen-bond acceptors (Lipinski definition) is 7. The third-order valence-electron chi connectivity index (χ3n) is 3.41. The van der Waals surface area contributed by atoms with Crippen molar-refractivity contribution in [1.82, 2.24) is 10.9 Å². The van der Waals surface area contributed by atoms with Gasteiger partial charge < -0.3 is 9.47 Å². The summed E-state index contributed by atoms with van der Waals surface area (Å²) in [7, 11) is 0. The molecular formula is C15H13N3O6S. The van der Waals surface area contributed by atoms with Crippen molar-refractivity contribution >= 4 is 28.8 Å². The molecular weight excluding hydrogens is 350 g/mol. The summed E-state index contributed by atoms with van der Waals surface area (Å²) in [6.45, 7) is 1.55. The first-order chi connectivity index (χ1) is 12.0. The number of ether oxygens (including phenoxy) is 2. The molecule has 0 bridgehead atoms. The molecule has 2 amide bonds. The van der Waals surface area contributed by atoms with Crippen molar-refractivity contribution in [2.24, 2.45) is 0 Å². The van der Waals surface area contributed by atoms with Crippen LogP contribution in [0.25, 0.3) is 0 Å². The van der Waals surface area contributed by atoms with Crippen LogP contribution in [0.1, 0.15) is 14.5 Å². The zero-order chi connectivity index (χ0) is 18.0. The molecule has 25 heavy (non-hydrogen) atoms. The Morgan fingerprint density at radius 1 is 1.28 bits per heavy atom. The average molecular weight is 363 g/mol. The van der Waals surface area contributed by atoms with Gasteiger partial charge in [0.05, 0.1) is 9.80 Å². The summed E-state index contributed by atoms with van der Waals surface area (Å²) in [4.78, 5) is 34.9. The molecule has 0 saturated carbocycles. The molecule has 2 aromatic rings. The Balaban J connectivity index is 1.58. The number of carbonyl (C=O) groups is 2. The topological polar surface area (TPSA) is 120 Å². The van der Waals surface area contributed by atoms with Crippen LogP contribution in [0.4, 0.5) is 5.69 Å². The number of fused-ring (bicyclic) bond motifs is 1. The number of amides is 2.